The molecule has 2 aromatic carbocycles. The first kappa shape index (κ1) is 21.8. The smallest absolute Gasteiger partial charge is 0.288 e. The fourth-order valence-electron chi connectivity index (χ4n) is 3.42. The molecular weight excluding hydrogens is 412 g/mol. The number of nitrogens with zero attached hydrogens (tertiary/aromatic N) is 1. The van der Waals surface area contributed by atoms with Gasteiger partial charge in [0.15, 0.2) is 5.11 Å². The molecule has 0 saturated carbocycles. The molecule has 1 aliphatic heterocycles. The summed E-state index contributed by atoms with van der Waals surface area (Å²) >= 11 is 5.97. The number of likely N-dealkylation sites (tertiary alicyclic amines) is 1. The normalized spacial score (nSPS) is 15.3. The predicted molar refractivity (Wildman–Crippen MR) is 119 cm³/mol. The van der Waals surface area contributed by atoms with Crippen molar-refractivity contribution in [2.75, 3.05) is 32.1 Å². The van der Waals surface area contributed by atoms with Gasteiger partial charge in [-0.2, -0.15) is 8.78 Å². The third-order valence-electron chi connectivity index (χ3n) is 4.88. The van der Waals surface area contributed by atoms with Gasteiger partial charge in [0.05, 0.1) is 13.2 Å². The minimum absolute atomic E-state index is 0.216. The molecule has 0 radical (unpaired) electrons. The zero-order chi connectivity index (χ0) is 20.6. The number of methoxy groups -OCH3 is 1. The highest BCUT2D eigenvalue weighted by molar-refractivity contribution is 7.99. The van der Waals surface area contributed by atoms with Crippen molar-refractivity contribution in [2.24, 2.45) is 0 Å². The molecule has 0 unspecified atom stereocenters. The summed E-state index contributed by atoms with van der Waals surface area (Å²) in [6, 6.07) is 15.2. The van der Waals surface area contributed by atoms with Crippen LogP contribution in [0.5, 0.6) is 5.75 Å². The maximum Gasteiger partial charge on any atom is 0.288 e. The maximum absolute atomic E-state index is 12.4. The summed E-state index contributed by atoms with van der Waals surface area (Å²) in [5, 5.41) is 6.94. The predicted octanol–water partition coefficient (Wildman–Crippen LogP) is 5.13. The van der Waals surface area contributed by atoms with E-state index in [1.54, 1.807) is 31.4 Å². The molecule has 0 spiro atoms. The Morgan fingerprint density at radius 2 is 1.76 bits per heavy atom. The molecule has 29 heavy (non-hydrogen) atoms. The van der Waals surface area contributed by atoms with Gasteiger partial charge < -0.3 is 15.4 Å². The molecule has 0 aromatic heterocycles. The Morgan fingerprint density at radius 3 is 2.34 bits per heavy atom. The molecule has 2 aromatic rings. The van der Waals surface area contributed by atoms with E-state index < -0.39 is 5.76 Å². The monoisotopic (exact) mass is 437 g/mol. The summed E-state index contributed by atoms with van der Waals surface area (Å²) in [5.74, 6) is -1.58. The Bertz CT molecular complexity index is 782. The van der Waals surface area contributed by atoms with Crippen molar-refractivity contribution in [1.82, 2.24) is 10.2 Å². The van der Waals surface area contributed by atoms with Crippen molar-refractivity contribution in [3.8, 4) is 5.75 Å². The molecule has 1 fully saturated rings. The zero-order valence-corrected chi connectivity index (χ0v) is 17.9. The Morgan fingerprint density at radius 1 is 1.10 bits per heavy atom. The molecule has 1 saturated heterocycles. The quantitative estimate of drug-likeness (QED) is 0.440. The number of rotatable bonds is 8. The van der Waals surface area contributed by atoms with Crippen molar-refractivity contribution in [3.05, 3.63) is 54.1 Å². The third-order valence-corrected chi connectivity index (χ3v) is 5.84. The molecule has 1 heterocycles. The standard InChI is InChI=1S/C21H25F2N3OS2/c1-27-17-8-4-15(5-9-17)19(26-12-2-3-13-26)14-24-21(28)25-16-6-10-18(11-7-16)29-20(22)23/h4-11,19-20H,2-3,12-14H2,1H3,(H2,24,25,28)/t19-/m0/s1. The number of ether oxygens (including phenoxy) is 1. The van der Waals surface area contributed by atoms with Crippen molar-refractivity contribution in [3.63, 3.8) is 0 Å². The first-order valence-corrected chi connectivity index (χ1v) is 10.8. The van der Waals surface area contributed by atoms with E-state index in [9.17, 15) is 8.78 Å². The second kappa shape index (κ2) is 10.8. The lowest BCUT2D eigenvalue weighted by molar-refractivity contribution is 0.246. The summed E-state index contributed by atoms with van der Waals surface area (Å²) in [7, 11) is 1.66. The molecule has 0 bridgehead atoms. The maximum atomic E-state index is 12.4. The van der Waals surface area contributed by atoms with Gasteiger partial charge in [-0.3, -0.25) is 4.90 Å². The van der Waals surface area contributed by atoms with E-state index in [0.717, 1.165) is 24.5 Å². The number of nitrogens with one attached hydrogen (secondary N) is 2. The number of halogens is 2. The van der Waals surface area contributed by atoms with Gasteiger partial charge in [0.1, 0.15) is 5.75 Å². The second-order valence-electron chi connectivity index (χ2n) is 6.77. The average molecular weight is 438 g/mol. The molecule has 1 atom stereocenters. The minimum atomic E-state index is -2.42. The summed E-state index contributed by atoms with van der Waals surface area (Å²) in [6.45, 7) is 2.82. The van der Waals surface area contributed by atoms with E-state index in [-0.39, 0.29) is 6.04 Å². The van der Waals surface area contributed by atoms with Crippen LogP contribution in [0.2, 0.25) is 0 Å². The van der Waals surface area contributed by atoms with Crippen LogP contribution in [-0.2, 0) is 0 Å². The highest BCUT2D eigenvalue weighted by Crippen LogP contribution is 2.27. The Labute approximate surface area is 180 Å². The van der Waals surface area contributed by atoms with Crippen LogP contribution in [0.3, 0.4) is 0 Å². The first-order chi connectivity index (χ1) is 14.0. The molecule has 3 rings (SSSR count). The van der Waals surface area contributed by atoms with Crippen LogP contribution in [0.25, 0.3) is 0 Å². The van der Waals surface area contributed by atoms with E-state index in [0.29, 0.717) is 28.3 Å². The Hall–Kier alpha value is -1.90. The Balaban J connectivity index is 1.58. The van der Waals surface area contributed by atoms with Crippen LogP contribution in [0, 0.1) is 0 Å². The van der Waals surface area contributed by atoms with E-state index >= 15 is 0 Å². The number of thiocarbonyl (C=S) groups is 1. The molecular formula is C21H25F2N3OS2. The number of benzene rings is 2. The minimum Gasteiger partial charge on any atom is -0.497 e. The molecule has 2 N–H and O–H groups in total. The zero-order valence-electron chi connectivity index (χ0n) is 16.2. The number of anilines is 1. The van der Waals surface area contributed by atoms with E-state index in [1.165, 1.54) is 18.4 Å². The van der Waals surface area contributed by atoms with Crippen LogP contribution >= 0.6 is 24.0 Å². The van der Waals surface area contributed by atoms with E-state index in [2.05, 4.69) is 27.7 Å². The van der Waals surface area contributed by atoms with Gasteiger partial charge >= 0.3 is 0 Å². The van der Waals surface area contributed by atoms with E-state index in [1.807, 2.05) is 12.1 Å². The summed E-state index contributed by atoms with van der Waals surface area (Å²) in [5.41, 5.74) is 1.99. The van der Waals surface area contributed by atoms with Gasteiger partial charge in [0, 0.05) is 17.1 Å². The van der Waals surface area contributed by atoms with Gasteiger partial charge in [0.25, 0.3) is 5.76 Å². The molecule has 1 aliphatic rings. The highest BCUT2D eigenvalue weighted by atomic mass is 32.2. The third kappa shape index (κ3) is 6.55. The summed E-state index contributed by atoms with van der Waals surface area (Å²) < 4.78 is 30.1. The van der Waals surface area contributed by atoms with Gasteiger partial charge in [-0.05, 0) is 80.1 Å². The Kier molecular flexibility index (Phi) is 8.09. The number of alkyl halides is 2. The van der Waals surface area contributed by atoms with Gasteiger partial charge in [-0.1, -0.05) is 23.9 Å². The lowest BCUT2D eigenvalue weighted by Gasteiger charge is -2.29. The second-order valence-corrected chi connectivity index (χ2v) is 8.24. The molecule has 4 nitrogen and oxygen atoms in total. The average Bonchev–Trinajstić information content (AvgIpc) is 3.24. The van der Waals surface area contributed by atoms with Crippen LogP contribution in [0.4, 0.5) is 14.5 Å². The largest absolute Gasteiger partial charge is 0.497 e. The van der Waals surface area contributed by atoms with Gasteiger partial charge in [-0.25, -0.2) is 0 Å². The number of hydrogen-bond acceptors (Lipinski definition) is 4. The van der Waals surface area contributed by atoms with Crippen molar-refractivity contribution in [1.29, 1.82) is 0 Å². The molecule has 0 aliphatic carbocycles. The summed E-state index contributed by atoms with van der Waals surface area (Å²) in [6.07, 6.45) is 2.41. The highest BCUT2D eigenvalue weighted by Gasteiger charge is 2.23. The van der Waals surface area contributed by atoms with Crippen molar-refractivity contribution in [2.45, 2.75) is 29.5 Å². The first-order valence-electron chi connectivity index (χ1n) is 9.53. The number of hydrogen-bond donors (Lipinski definition) is 2. The topological polar surface area (TPSA) is 36.5 Å². The lowest BCUT2D eigenvalue weighted by atomic mass is 10.1. The van der Waals surface area contributed by atoms with Crippen LogP contribution in [0.1, 0.15) is 24.4 Å². The van der Waals surface area contributed by atoms with Crippen LogP contribution < -0.4 is 15.4 Å². The molecule has 156 valence electrons. The van der Waals surface area contributed by atoms with Crippen LogP contribution in [-0.4, -0.2) is 42.5 Å². The fourth-order valence-corrected chi connectivity index (χ4v) is 4.12. The van der Waals surface area contributed by atoms with E-state index in [4.69, 9.17) is 17.0 Å². The SMILES string of the molecule is COc1ccc([C@H](CNC(=S)Nc2ccc(SC(F)F)cc2)N2CCCC2)cc1. The van der Waals surface area contributed by atoms with Crippen LogP contribution in [0.15, 0.2) is 53.4 Å². The molecule has 0 amide bonds. The van der Waals surface area contributed by atoms with Gasteiger partial charge in [0.2, 0.25) is 0 Å². The molecule has 8 heteroatoms. The number of thioether (sulfide) groups is 1. The fraction of sp³-hybridized carbons (Fsp3) is 0.381. The summed E-state index contributed by atoms with van der Waals surface area (Å²) in [4.78, 5) is 2.99. The van der Waals surface area contributed by atoms with Crippen molar-refractivity contribution < 1.29 is 13.5 Å². The van der Waals surface area contributed by atoms with Crippen molar-refractivity contribution >= 4 is 34.8 Å². The van der Waals surface area contributed by atoms with Gasteiger partial charge in [-0.15, -0.1) is 0 Å². The lowest BCUT2D eigenvalue weighted by Crippen LogP contribution is -2.38.